The first-order chi connectivity index (χ1) is 8.35. The standard InChI is InChI=1S/C11H15F3N2O2/c12-11(13,14)5-10(18)16-4-3-8-7(6-16)1-2-9(17)15-8/h7-8H,1-6H2,(H,15,17). The molecule has 0 spiro atoms. The lowest BCUT2D eigenvalue weighted by Gasteiger charge is -2.41. The predicted octanol–water partition coefficient (Wildman–Crippen LogP) is 1.07. The minimum Gasteiger partial charge on any atom is -0.353 e. The van der Waals surface area contributed by atoms with Crippen molar-refractivity contribution >= 4 is 11.8 Å². The van der Waals surface area contributed by atoms with Crippen molar-refractivity contribution < 1.29 is 22.8 Å². The smallest absolute Gasteiger partial charge is 0.353 e. The van der Waals surface area contributed by atoms with Crippen molar-refractivity contribution in [2.45, 2.75) is 37.9 Å². The molecular weight excluding hydrogens is 249 g/mol. The third kappa shape index (κ3) is 3.14. The van der Waals surface area contributed by atoms with Crippen LogP contribution in [0.2, 0.25) is 0 Å². The first-order valence-corrected chi connectivity index (χ1v) is 5.99. The molecule has 0 aromatic heterocycles. The van der Waals surface area contributed by atoms with Gasteiger partial charge in [0.1, 0.15) is 6.42 Å². The number of amides is 2. The predicted molar refractivity (Wildman–Crippen MR) is 56.5 cm³/mol. The molecule has 18 heavy (non-hydrogen) atoms. The molecule has 2 atom stereocenters. The van der Waals surface area contributed by atoms with Crippen molar-refractivity contribution in [2.75, 3.05) is 13.1 Å². The summed E-state index contributed by atoms with van der Waals surface area (Å²) in [6.45, 7) is 0.607. The van der Waals surface area contributed by atoms with Gasteiger partial charge in [-0.25, -0.2) is 0 Å². The summed E-state index contributed by atoms with van der Waals surface area (Å²) < 4.78 is 36.4. The Morgan fingerprint density at radius 1 is 1.39 bits per heavy atom. The van der Waals surface area contributed by atoms with Gasteiger partial charge in [0.2, 0.25) is 11.8 Å². The van der Waals surface area contributed by atoms with E-state index in [4.69, 9.17) is 0 Å². The highest BCUT2D eigenvalue weighted by molar-refractivity contribution is 5.78. The number of nitrogens with zero attached hydrogens (tertiary/aromatic N) is 1. The van der Waals surface area contributed by atoms with Gasteiger partial charge < -0.3 is 10.2 Å². The summed E-state index contributed by atoms with van der Waals surface area (Å²) in [4.78, 5) is 23.9. The molecule has 0 aromatic carbocycles. The molecule has 2 aliphatic rings. The Morgan fingerprint density at radius 3 is 2.78 bits per heavy atom. The Morgan fingerprint density at radius 2 is 2.11 bits per heavy atom. The molecule has 2 fully saturated rings. The van der Waals surface area contributed by atoms with Crippen LogP contribution in [0.15, 0.2) is 0 Å². The van der Waals surface area contributed by atoms with Gasteiger partial charge in [-0.05, 0) is 18.8 Å². The molecule has 7 heteroatoms. The van der Waals surface area contributed by atoms with E-state index in [-0.39, 0.29) is 24.4 Å². The van der Waals surface area contributed by atoms with Crippen LogP contribution in [0.5, 0.6) is 0 Å². The molecule has 2 saturated heterocycles. The first-order valence-electron chi connectivity index (χ1n) is 5.99. The Bertz CT molecular complexity index is 357. The maximum Gasteiger partial charge on any atom is 0.397 e. The fourth-order valence-corrected chi connectivity index (χ4v) is 2.62. The van der Waals surface area contributed by atoms with Crippen LogP contribution in [0.25, 0.3) is 0 Å². The number of likely N-dealkylation sites (tertiary alicyclic amines) is 1. The molecule has 0 radical (unpaired) electrons. The van der Waals surface area contributed by atoms with Crippen LogP contribution in [-0.4, -0.2) is 42.0 Å². The van der Waals surface area contributed by atoms with Crippen LogP contribution >= 0.6 is 0 Å². The van der Waals surface area contributed by atoms with Gasteiger partial charge in [-0.15, -0.1) is 0 Å². The van der Waals surface area contributed by atoms with Gasteiger partial charge in [0.15, 0.2) is 0 Å². The van der Waals surface area contributed by atoms with Gasteiger partial charge in [0, 0.05) is 25.6 Å². The lowest BCUT2D eigenvalue weighted by Crippen LogP contribution is -2.55. The normalized spacial score (nSPS) is 28.6. The third-order valence-electron chi connectivity index (χ3n) is 3.53. The van der Waals surface area contributed by atoms with Crippen LogP contribution in [0, 0.1) is 5.92 Å². The van der Waals surface area contributed by atoms with Crippen LogP contribution in [0.3, 0.4) is 0 Å². The van der Waals surface area contributed by atoms with Crippen LogP contribution in [0.4, 0.5) is 13.2 Å². The van der Waals surface area contributed by atoms with E-state index in [2.05, 4.69) is 5.32 Å². The van der Waals surface area contributed by atoms with Gasteiger partial charge in [-0.3, -0.25) is 9.59 Å². The van der Waals surface area contributed by atoms with Gasteiger partial charge >= 0.3 is 6.18 Å². The topological polar surface area (TPSA) is 49.4 Å². The number of halogens is 3. The zero-order valence-corrected chi connectivity index (χ0v) is 9.79. The number of fused-ring (bicyclic) bond motifs is 1. The minimum atomic E-state index is -4.45. The SMILES string of the molecule is O=C1CCC2CN(C(=O)CC(F)(F)F)CCC2N1. The second kappa shape index (κ2) is 4.78. The molecule has 2 heterocycles. The maximum atomic E-state index is 12.1. The van der Waals surface area contributed by atoms with E-state index in [0.717, 1.165) is 0 Å². The highest BCUT2D eigenvalue weighted by Gasteiger charge is 2.38. The summed E-state index contributed by atoms with van der Waals surface area (Å²) in [6.07, 6.45) is -4.26. The average Bonchev–Trinajstić information content (AvgIpc) is 2.26. The molecule has 0 aliphatic carbocycles. The summed E-state index contributed by atoms with van der Waals surface area (Å²) in [7, 11) is 0. The number of piperidine rings is 2. The lowest BCUT2D eigenvalue weighted by atomic mass is 9.85. The summed E-state index contributed by atoms with van der Waals surface area (Å²) >= 11 is 0. The van der Waals surface area contributed by atoms with Gasteiger partial charge in [0.05, 0.1) is 0 Å². The van der Waals surface area contributed by atoms with E-state index in [1.165, 1.54) is 4.90 Å². The van der Waals surface area contributed by atoms with E-state index in [1.54, 1.807) is 0 Å². The van der Waals surface area contributed by atoms with Crippen LogP contribution < -0.4 is 5.32 Å². The Kier molecular flexibility index (Phi) is 3.49. The highest BCUT2D eigenvalue weighted by Crippen LogP contribution is 2.27. The number of hydrogen-bond donors (Lipinski definition) is 1. The number of carbonyl (C=O) groups is 2. The molecular formula is C11H15F3N2O2. The third-order valence-corrected chi connectivity index (χ3v) is 3.53. The Balaban J connectivity index is 1.91. The van der Waals surface area contributed by atoms with Gasteiger partial charge in [-0.2, -0.15) is 13.2 Å². The number of rotatable bonds is 1. The van der Waals surface area contributed by atoms with Gasteiger partial charge in [-0.1, -0.05) is 0 Å². The zero-order chi connectivity index (χ0) is 13.3. The molecule has 0 aromatic rings. The van der Waals surface area contributed by atoms with E-state index < -0.39 is 18.5 Å². The van der Waals surface area contributed by atoms with Crippen molar-refractivity contribution in [3.63, 3.8) is 0 Å². The van der Waals surface area contributed by atoms with Gasteiger partial charge in [0.25, 0.3) is 0 Å². The van der Waals surface area contributed by atoms with Crippen molar-refractivity contribution in [3.8, 4) is 0 Å². The summed E-state index contributed by atoms with van der Waals surface area (Å²) in [5, 5.41) is 2.83. The molecule has 2 rings (SSSR count). The molecule has 102 valence electrons. The van der Waals surface area contributed by atoms with Crippen molar-refractivity contribution in [2.24, 2.45) is 5.92 Å². The second-order valence-electron chi connectivity index (χ2n) is 4.89. The number of alkyl halides is 3. The van der Waals surface area contributed by atoms with Crippen molar-refractivity contribution in [3.05, 3.63) is 0 Å². The molecule has 0 saturated carbocycles. The monoisotopic (exact) mass is 264 g/mol. The number of hydrogen-bond acceptors (Lipinski definition) is 2. The Labute approximate surface area is 103 Å². The van der Waals surface area contributed by atoms with Crippen LogP contribution in [-0.2, 0) is 9.59 Å². The van der Waals surface area contributed by atoms with E-state index in [0.29, 0.717) is 25.8 Å². The maximum absolute atomic E-state index is 12.1. The van der Waals surface area contributed by atoms with Crippen LogP contribution in [0.1, 0.15) is 25.7 Å². The zero-order valence-electron chi connectivity index (χ0n) is 9.79. The average molecular weight is 264 g/mol. The number of carbonyl (C=O) groups excluding carboxylic acids is 2. The fraction of sp³-hybridized carbons (Fsp3) is 0.818. The minimum absolute atomic E-state index is 0.00804. The van der Waals surface area contributed by atoms with Crippen molar-refractivity contribution in [1.29, 1.82) is 0 Å². The number of nitrogens with one attached hydrogen (secondary N) is 1. The molecule has 2 amide bonds. The Hall–Kier alpha value is -1.27. The van der Waals surface area contributed by atoms with E-state index in [1.807, 2.05) is 0 Å². The first kappa shape index (κ1) is 13.2. The molecule has 2 unspecified atom stereocenters. The quantitative estimate of drug-likeness (QED) is 0.770. The summed E-state index contributed by atoms with van der Waals surface area (Å²) in [6, 6.07) is 0.0150. The lowest BCUT2D eigenvalue weighted by molar-refractivity contribution is -0.163. The largest absolute Gasteiger partial charge is 0.397 e. The molecule has 4 nitrogen and oxygen atoms in total. The fourth-order valence-electron chi connectivity index (χ4n) is 2.62. The van der Waals surface area contributed by atoms with Crippen molar-refractivity contribution in [1.82, 2.24) is 10.2 Å². The molecule has 1 N–H and O–H groups in total. The highest BCUT2D eigenvalue weighted by atomic mass is 19.4. The molecule has 0 bridgehead atoms. The summed E-state index contributed by atoms with van der Waals surface area (Å²) in [5.74, 6) is -0.780. The second-order valence-corrected chi connectivity index (χ2v) is 4.89. The van der Waals surface area contributed by atoms with E-state index >= 15 is 0 Å². The molecule has 2 aliphatic heterocycles. The van der Waals surface area contributed by atoms with E-state index in [9.17, 15) is 22.8 Å². The summed E-state index contributed by atoms with van der Waals surface area (Å²) in [5.41, 5.74) is 0.